The monoisotopic (exact) mass is 264 g/mol. The number of phenols is 1. The second kappa shape index (κ2) is 6.04. The third-order valence-corrected chi connectivity index (χ3v) is 3.27. The zero-order valence-corrected chi connectivity index (χ0v) is 11.3. The number of hydrogen-bond acceptors (Lipinski definition) is 4. The van der Waals surface area contributed by atoms with Crippen LogP contribution in [0, 0.1) is 6.92 Å². The van der Waals surface area contributed by atoms with Gasteiger partial charge in [0.15, 0.2) is 0 Å². The third-order valence-electron chi connectivity index (χ3n) is 3.27. The molecule has 5 heteroatoms. The van der Waals surface area contributed by atoms with Gasteiger partial charge >= 0.3 is 0 Å². The molecular formula is C14H20N2O3. The number of likely N-dealkylation sites (N-methyl/N-ethyl adjacent to an activating group) is 1. The number of nitrogens with zero attached hydrogens (tertiary/aromatic N) is 1. The molecule has 1 aromatic carbocycles. The minimum absolute atomic E-state index is 0.0418. The molecule has 1 fully saturated rings. The number of benzene rings is 1. The standard InChI is InChI=1S/C14H20N2O3/c1-10-7-11(17)3-4-13(10)14(18)16(2)9-12-8-15-5-6-19-12/h3-4,7,12,15,17H,5-6,8-9H2,1-2H3. The van der Waals surface area contributed by atoms with E-state index in [9.17, 15) is 9.90 Å². The predicted molar refractivity (Wildman–Crippen MR) is 72.4 cm³/mol. The van der Waals surface area contributed by atoms with Gasteiger partial charge in [-0.15, -0.1) is 0 Å². The number of carbonyl (C=O) groups excluding carboxylic acids is 1. The zero-order valence-electron chi connectivity index (χ0n) is 11.3. The van der Waals surface area contributed by atoms with Crippen molar-refractivity contribution < 1.29 is 14.6 Å². The molecule has 0 spiro atoms. The smallest absolute Gasteiger partial charge is 0.253 e. The normalized spacial score (nSPS) is 19.2. The van der Waals surface area contributed by atoms with Gasteiger partial charge in [0.25, 0.3) is 5.91 Å². The molecule has 1 heterocycles. The first-order chi connectivity index (χ1) is 9.08. The van der Waals surface area contributed by atoms with E-state index in [0.717, 1.165) is 18.7 Å². The van der Waals surface area contributed by atoms with Crippen molar-refractivity contribution >= 4 is 5.91 Å². The summed E-state index contributed by atoms with van der Waals surface area (Å²) in [7, 11) is 1.77. The van der Waals surface area contributed by atoms with Gasteiger partial charge in [-0.05, 0) is 30.7 Å². The second-order valence-electron chi connectivity index (χ2n) is 4.88. The maximum Gasteiger partial charge on any atom is 0.253 e. The zero-order chi connectivity index (χ0) is 13.8. The first-order valence-corrected chi connectivity index (χ1v) is 6.45. The number of ether oxygens (including phenoxy) is 1. The highest BCUT2D eigenvalue weighted by molar-refractivity contribution is 5.95. The van der Waals surface area contributed by atoms with Crippen LogP contribution < -0.4 is 5.32 Å². The van der Waals surface area contributed by atoms with Crippen LogP contribution in [0.5, 0.6) is 5.75 Å². The van der Waals surface area contributed by atoms with Gasteiger partial charge < -0.3 is 20.1 Å². The van der Waals surface area contributed by atoms with Crippen LogP contribution in [0.25, 0.3) is 0 Å². The summed E-state index contributed by atoms with van der Waals surface area (Å²) in [6, 6.07) is 4.79. The topological polar surface area (TPSA) is 61.8 Å². The molecule has 0 aliphatic carbocycles. The fraction of sp³-hybridized carbons (Fsp3) is 0.500. The van der Waals surface area contributed by atoms with Crippen molar-refractivity contribution in [2.24, 2.45) is 0 Å². The van der Waals surface area contributed by atoms with Gasteiger partial charge in [0.05, 0.1) is 12.7 Å². The fourth-order valence-electron chi connectivity index (χ4n) is 2.22. The molecule has 1 unspecified atom stereocenters. The Hall–Kier alpha value is -1.59. The second-order valence-corrected chi connectivity index (χ2v) is 4.88. The molecular weight excluding hydrogens is 244 g/mol. The Kier molecular flexibility index (Phi) is 4.39. The van der Waals surface area contributed by atoms with Gasteiger partial charge in [0, 0.05) is 32.2 Å². The van der Waals surface area contributed by atoms with E-state index in [-0.39, 0.29) is 17.8 Å². The Balaban J connectivity index is 2.01. The van der Waals surface area contributed by atoms with E-state index in [1.54, 1.807) is 24.1 Å². The average molecular weight is 264 g/mol. The quantitative estimate of drug-likeness (QED) is 0.846. The summed E-state index contributed by atoms with van der Waals surface area (Å²) in [5, 5.41) is 12.6. The van der Waals surface area contributed by atoms with Gasteiger partial charge in [0.2, 0.25) is 0 Å². The summed E-state index contributed by atoms with van der Waals surface area (Å²) in [5.41, 5.74) is 1.39. The first kappa shape index (κ1) is 13.8. The first-order valence-electron chi connectivity index (χ1n) is 6.45. The molecule has 1 aliphatic rings. The Morgan fingerprint density at radius 2 is 2.37 bits per heavy atom. The largest absolute Gasteiger partial charge is 0.508 e. The number of aromatic hydroxyl groups is 1. The summed E-state index contributed by atoms with van der Waals surface area (Å²) in [6.45, 7) is 4.70. The number of rotatable bonds is 3. The summed E-state index contributed by atoms with van der Waals surface area (Å²) in [6.07, 6.45) is 0.0418. The molecule has 1 atom stereocenters. The van der Waals surface area contributed by atoms with Crippen molar-refractivity contribution in [2.45, 2.75) is 13.0 Å². The number of morpholine rings is 1. The molecule has 1 aromatic rings. The summed E-state index contributed by atoms with van der Waals surface area (Å²) in [4.78, 5) is 14.0. The maximum absolute atomic E-state index is 12.3. The van der Waals surface area contributed by atoms with Crippen molar-refractivity contribution in [2.75, 3.05) is 33.3 Å². The van der Waals surface area contributed by atoms with Crippen LogP contribution in [0.15, 0.2) is 18.2 Å². The molecule has 5 nitrogen and oxygen atoms in total. The molecule has 0 bridgehead atoms. The van der Waals surface area contributed by atoms with Gasteiger partial charge in [-0.1, -0.05) is 0 Å². The number of hydrogen-bond donors (Lipinski definition) is 2. The van der Waals surface area contributed by atoms with Gasteiger partial charge in [-0.2, -0.15) is 0 Å². The van der Waals surface area contributed by atoms with Crippen LogP contribution in [-0.4, -0.2) is 55.3 Å². The summed E-state index contributed by atoms with van der Waals surface area (Å²) < 4.78 is 5.59. The lowest BCUT2D eigenvalue weighted by Crippen LogP contribution is -2.45. The third kappa shape index (κ3) is 3.45. The van der Waals surface area contributed by atoms with E-state index >= 15 is 0 Å². The van der Waals surface area contributed by atoms with E-state index in [1.165, 1.54) is 6.07 Å². The molecule has 19 heavy (non-hydrogen) atoms. The Morgan fingerprint density at radius 3 is 3.00 bits per heavy atom. The summed E-state index contributed by atoms with van der Waals surface area (Å²) in [5.74, 6) is 0.128. The lowest BCUT2D eigenvalue weighted by atomic mass is 10.1. The summed E-state index contributed by atoms with van der Waals surface area (Å²) >= 11 is 0. The van der Waals surface area contributed by atoms with Crippen molar-refractivity contribution in [3.63, 3.8) is 0 Å². The minimum Gasteiger partial charge on any atom is -0.508 e. The highest BCUT2D eigenvalue weighted by atomic mass is 16.5. The van der Waals surface area contributed by atoms with Crippen LogP contribution in [0.2, 0.25) is 0 Å². The number of aryl methyl sites for hydroxylation is 1. The van der Waals surface area contributed by atoms with Gasteiger partial charge in [-0.25, -0.2) is 0 Å². The van der Waals surface area contributed by atoms with Crippen LogP contribution in [-0.2, 0) is 4.74 Å². The van der Waals surface area contributed by atoms with E-state index in [2.05, 4.69) is 5.32 Å². The molecule has 1 amide bonds. The SMILES string of the molecule is Cc1cc(O)ccc1C(=O)N(C)CC1CNCCO1. The van der Waals surface area contributed by atoms with Crippen LogP contribution in [0.4, 0.5) is 0 Å². The average Bonchev–Trinajstić information content (AvgIpc) is 2.39. The molecule has 0 aromatic heterocycles. The van der Waals surface area contributed by atoms with Gasteiger partial charge in [0.1, 0.15) is 5.75 Å². The molecule has 2 rings (SSSR count). The molecule has 104 valence electrons. The predicted octanol–water partition coefficient (Wildman–Crippen LogP) is 0.761. The van der Waals surface area contributed by atoms with Crippen molar-refractivity contribution in [3.05, 3.63) is 29.3 Å². The van der Waals surface area contributed by atoms with Crippen LogP contribution in [0.1, 0.15) is 15.9 Å². The van der Waals surface area contributed by atoms with E-state index in [4.69, 9.17) is 4.74 Å². The maximum atomic E-state index is 12.3. The molecule has 2 N–H and O–H groups in total. The number of amides is 1. The highest BCUT2D eigenvalue weighted by Crippen LogP contribution is 2.17. The van der Waals surface area contributed by atoms with Crippen LogP contribution >= 0.6 is 0 Å². The number of nitrogens with one attached hydrogen (secondary N) is 1. The van der Waals surface area contributed by atoms with E-state index in [1.807, 2.05) is 6.92 Å². The van der Waals surface area contributed by atoms with Crippen LogP contribution in [0.3, 0.4) is 0 Å². The molecule has 0 radical (unpaired) electrons. The van der Waals surface area contributed by atoms with E-state index in [0.29, 0.717) is 18.7 Å². The molecule has 0 saturated carbocycles. The Labute approximate surface area is 113 Å². The molecule has 1 saturated heterocycles. The highest BCUT2D eigenvalue weighted by Gasteiger charge is 2.20. The molecule has 1 aliphatic heterocycles. The lowest BCUT2D eigenvalue weighted by molar-refractivity contribution is 0.0103. The van der Waals surface area contributed by atoms with Crippen molar-refractivity contribution in [1.29, 1.82) is 0 Å². The lowest BCUT2D eigenvalue weighted by Gasteiger charge is -2.28. The van der Waals surface area contributed by atoms with Gasteiger partial charge in [-0.3, -0.25) is 4.79 Å². The number of carbonyl (C=O) groups is 1. The number of phenolic OH excluding ortho intramolecular Hbond substituents is 1. The van der Waals surface area contributed by atoms with Crippen molar-refractivity contribution in [1.82, 2.24) is 10.2 Å². The van der Waals surface area contributed by atoms with Crippen molar-refractivity contribution in [3.8, 4) is 5.75 Å². The Bertz CT molecular complexity index is 456. The fourth-order valence-corrected chi connectivity index (χ4v) is 2.22. The Morgan fingerprint density at radius 1 is 1.58 bits per heavy atom. The minimum atomic E-state index is -0.0494. The van der Waals surface area contributed by atoms with E-state index < -0.39 is 0 Å².